The Morgan fingerprint density at radius 1 is 1.29 bits per heavy atom. The zero-order valence-corrected chi connectivity index (χ0v) is 21.3. The molecule has 1 aliphatic carbocycles. The molecule has 0 spiro atoms. The van der Waals surface area contributed by atoms with Gasteiger partial charge in [-0.3, -0.25) is 19.7 Å². The van der Waals surface area contributed by atoms with Gasteiger partial charge < -0.3 is 14.8 Å². The first-order valence-corrected chi connectivity index (χ1v) is 12.6. The molecule has 3 rings (SSSR count). The van der Waals surface area contributed by atoms with E-state index in [0.717, 1.165) is 5.75 Å². The number of rotatable bonds is 8. The fourth-order valence-corrected chi connectivity index (χ4v) is 5.19. The highest BCUT2D eigenvalue weighted by atomic mass is 32.2. The van der Waals surface area contributed by atoms with Gasteiger partial charge in [0.25, 0.3) is 5.69 Å². The van der Waals surface area contributed by atoms with Crippen molar-refractivity contribution in [3.8, 4) is 0 Å². The summed E-state index contributed by atoms with van der Waals surface area (Å²) in [5.41, 5.74) is 2.32. The third-order valence-electron chi connectivity index (χ3n) is 6.39. The van der Waals surface area contributed by atoms with Gasteiger partial charge in [-0.2, -0.15) is 11.8 Å². The van der Waals surface area contributed by atoms with Crippen LogP contribution in [0.4, 0.5) is 5.69 Å². The molecule has 3 atom stereocenters. The largest absolute Gasteiger partial charge is 0.468 e. The first-order chi connectivity index (χ1) is 16.6. The highest BCUT2D eigenvalue weighted by Crippen LogP contribution is 2.46. The molecule has 1 aromatic carbocycles. The standard InChI is InChI=1S/C25H30N2O7S/c1-6-35-10-9-34-25(30)20-15(4)26-17-11-14(3)19(24(29)33-5)23(28)22(17)21(20)16-8-7-13(2)18(12-16)27(31)32/h7-8,12,14,19,21,26H,6,9-11H2,1-5H3/t14-,19-,21-/m1/s1. The van der Waals surface area contributed by atoms with Crippen LogP contribution in [0.1, 0.15) is 44.2 Å². The van der Waals surface area contributed by atoms with Crippen LogP contribution in [0.15, 0.2) is 40.7 Å². The number of nitrogens with zero attached hydrogens (tertiary/aromatic N) is 1. The summed E-state index contributed by atoms with van der Waals surface area (Å²) in [4.78, 5) is 50.6. The number of hydrogen-bond donors (Lipinski definition) is 1. The summed E-state index contributed by atoms with van der Waals surface area (Å²) in [6.07, 6.45) is 0.387. The van der Waals surface area contributed by atoms with Crippen molar-refractivity contribution in [1.29, 1.82) is 0 Å². The number of thioether (sulfide) groups is 1. The SMILES string of the molecule is CCSCCOC(=O)C1=C(C)NC2=C(C(=O)[C@H](C(=O)OC)[C@H](C)C2)[C@@H]1c1ccc(C)c([N+](=O)[O-])c1. The number of Topliss-reactive ketones (excluding diaryl/α,β-unsaturated/α-hetero) is 1. The predicted molar refractivity (Wildman–Crippen MR) is 132 cm³/mol. The summed E-state index contributed by atoms with van der Waals surface area (Å²) >= 11 is 1.63. The van der Waals surface area contributed by atoms with Crippen molar-refractivity contribution in [2.24, 2.45) is 11.8 Å². The average molecular weight is 503 g/mol. The highest BCUT2D eigenvalue weighted by molar-refractivity contribution is 7.99. The quantitative estimate of drug-likeness (QED) is 0.186. The highest BCUT2D eigenvalue weighted by Gasteiger charge is 2.47. The molecular formula is C25H30N2O7S. The van der Waals surface area contributed by atoms with Crippen molar-refractivity contribution in [2.45, 2.75) is 40.0 Å². The number of dihydropyridines is 1. The number of nitrogens with one attached hydrogen (secondary N) is 1. The van der Waals surface area contributed by atoms with Gasteiger partial charge in [-0.25, -0.2) is 4.79 Å². The van der Waals surface area contributed by atoms with Gasteiger partial charge in [0, 0.05) is 40.3 Å². The van der Waals surface area contributed by atoms with Crippen molar-refractivity contribution < 1.29 is 28.8 Å². The van der Waals surface area contributed by atoms with E-state index < -0.39 is 34.5 Å². The number of aryl methyl sites for hydroxylation is 1. The number of carbonyl (C=O) groups is 3. The molecule has 1 aromatic rings. The van der Waals surface area contributed by atoms with Crippen LogP contribution in [-0.4, -0.2) is 47.9 Å². The molecule has 0 saturated heterocycles. The number of nitro benzene ring substituents is 1. The summed E-state index contributed by atoms with van der Waals surface area (Å²) in [6, 6.07) is 4.66. The number of esters is 2. The molecular weight excluding hydrogens is 472 g/mol. The van der Waals surface area contributed by atoms with E-state index in [1.165, 1.54) is 13.2 Å². The van der Waals surface area contributed by atoms with Crippen molar-refractivity contribution in [3.63, 3.8) is 0 Å². The van der Waals surface area contributed by atoms with E-state index >= 15 is 0 Å². The second-order valence-corrected chi connectivity index (χ2v) is 10.1. The molecule has 0 fully saturated rings. The molecule has 1 heterocycles. The van der Waals surface area contributed by atoms with Crippen LogP contribution in [0.25, 0.3) is 0 Å². The van der Waals surface area contributed by atoms with Crippen LogP contribution < -0.4 is 5.32 Å². The number of ketones is 1. The van der Waals surface area contributed by atoms with E-state index in [2.05, 4.69) is 5.32 Å². The lowest BCUT2D eigenvalue weighted by atomic mass is 9.69. The van der Waals surface area contributed by atoms with Gasteiger partial charge in [0.2, 0.25) is 0 Å². The number of carbonyl (C=O) groups excluding carboxylic acids is 3. The van der Waals surface area contributed by atoms with Gasteiger partial charge in [-0.1, -0.05) is 26.0 Å². The number of ether oxygens (including phenoxy) is 2. The summed E-state index contributed by atoms with van der Waals surface area (Å²) in [5, 5.41) is 14.8. The third kappa shape index (κ3) is 5.27. The number of benzene rings is 1. The van der Waals surface area contributed by atoms with E-state index in [-0.39, 0.29) is 29.4 Å². The minimum Gasteiger partial charge on any atom is -0.468 e. The van der Waals surface area contributed by atoms with Gasteiger partial charge in [0.1, 0.15) is 12.5 Å². The molecule has 1 aliphatic heterocycles. The van der Waals surface area contributed by atoms with Crippen LogP contribution in [0.2, 0.25) is 0 Å². The maximum atomic E-state index is 13.7. The van der Waals surface area contributed by atoms with Gasteiger partial charge in [-0.05, 0) is 37.5 Å². The minimum absolute atomic E-state index is 0.117. The van der Waals surface area contributed by atoms with Crippen LogP contribution in [-0.2, 0) is 23.9 Å². The molecule has 35 heavy (non-hydrogen) atoms. The Balaban J connectivity index is 2.15. The fourth-order valence-electron chi connectivity index (χ4n) is 4.70. The first-order valence-electron chi connectivity index (χ1n) is 11.4. The Morgan fingerprint density at radius 3 is 2.63 bits per heavy atom. The van der Waals surface area contributed by atoms with Gasteiger partial charge >= 0.3 is 11.9 Å². The molecule has 0 aromatic heterocycles. The second-order valence-electron chi connectivity index (χ2n) is 8.67. The Hall–Kier alpha value is -3.14. The smallest absolute Gasteiger partial charge is 0.336 e. The molecule has 9 nitrogen and oxygen atoms in total. The Labute approximate surface area is 208 Å². The maximum Gasteiger partial charge on any atom is 0.336 e. The van der Waals surface area contributed by atoms with Gasteiger partial charge in [0.05, 0.1) is 17.6 Å². The molecule has 0 unspecified atom stereocenters. The third-order valence-corrected chi connectivity index (χ3v) is 7.25. The predicted octanol–water partition coefficient (Wildman–Crippen LogP) is 3.81. The van der Waals surface area contributed by atoms with Crippen molar-refractivity contribution in [3.05, 3.63) is 62.0 Å². The zero-order chi connectivity index (χ0) is 25.9. The monoisotopic (exact) mass is 502 g/mol. The lowest BCUT2D eigenvalue weighted by Gasteiger charge is -2.38. The summed E-state index contributed by atoms with van der Waals surface area (Å²) in [5.74, 6) is -2.45. The van der Waals surface area contributed by atoms with E-state index in [4.69, 9.17) is 9.47 Å². The zero-order valence-electron chi connectivity index (χ0n) is 20.5. The van der Waals surface area contributed by atoms with Crippen LogP contribution in [0, 0.1) is 28.9 Å². The summed E-state index contributed by atoms with van der Waals surface area (Å²) in [6.45, 7) is 7.34. The number of nitro groups is 1. The molecule has 0 amide bonds. The van der Waals surface area contributed by atoms with E-state index in [9.17, 15) is 24.5 Å². The Morgan fingerprint density at radius 2 is 2.00 bits per heavy atom. The number of methoxy groups -OCH3 is 1. The minimum atomic E-state index is -1.03. The van der Waals surface area contributed by atoms with Crippen LogP contribution >= 0.6 is 11.8 Å². The Bertz CT molecular complexity index is 1120. The van der Waals surface area contributed by atoms with Crippen LogP contribution in [0.3, 0.4) is 0 Å². The van der Waals surface area contributed by atoms with Gasteiger partial charge in [0.15, 0.2) is 5.78 Å². The van der Waals surface area contributed by atoms with Crippen molar-refractivity contribution in [2.75, 3.05) is 25.2 Å². The molecule has 0 radical (unpaired) electrons. The molecule has 1 N–H and O–H groups in total. The van der Waals surface area contributed by atoms with E-state index in [1.807, 2.05) is 6.92 Å². The molecule has 0 saturated carbocycles. The fraction of sp³-hybridized carbons (Fsp3) is 0.480. The molecule has 0 bridgehead atoms. The second kappa shape index (κ2) is 11.1. The molecule has 10 heteroatoms. The molecule has 2 aliphatic rings. The van der Waals surface area contributed by atoms with Crippen molar-refractivity contribution in [1.82, 2.24) is 5.32 Å². The van der Waals surface area contributed by atoms with E-state index in [0.29, 0.717) is 34.7 Å². The number of allylic oxidation sites excluding steroid dienone is 3. The lowest BCUT2D eigenvalue weighted by Crippen LogP contribution is -2.43. The van der Waals surface area contributed by atoms with E-state index in [1.54, 1.807) is 44.7 Å². The average Bonchev–Trinajstić information content (AvgIpc) is 2.80. The lowest BCUT2D eigenvalue weighted by molar-refractivity contribution is -0.385. The summed E-state index contributed by atoms with van der Waals surface area (Å²) < 4.78 is 10.4. The normalized spacial score (nSPS) is 21.9. The Kier molecular flexibility index (Phi) is 8.37. The van der Waals surface area contributed by atoms with Crippen LogP contribution in [0.5, 0.6) is 0 Å². The maximum absolute atomic E-state index is 13.7. The molecule has 188 valence electrons. The van der Waals surface area contributed by atoms with Crippen molar-refractivity contribution >= 4 is 35.2 Å². The first kappa shape index (κ1) is 26.5. The summed E-state index contributed by atoms with van der Waals surface area (Å²) in [7, 11) is 1.23. The van der Waals surface area contributed by atoms with Gasteiger partial charge in [-0.15, -0.1) is 0 Å². The number of hydrogen-bond acceptors (Lipinski definition) is 9. The topological polar surface area (TPSA) is 125 Å².